The first-order valence-electron chi connectivity index (χ1n) is 9.41. The van der Waals surface area contributed by atoms with E-state index in [1.54, 1.807) is 0 Å². The highest BCUT2D eigenvalue weighted by Crippen LogP contribution is 2.29. The number of rotatable bonds is 5. The first kappa shape index (κ1) is 18.5. The van der Waals surface area contributed by atoms with Gasteiger partial charge in [-0.15, -0.1) is 0 Å². The van der Waals surface area contributed by atoms with Crippen molar-refractivity contribution >= 4 is 5.91 Å². The van der Waals surface area contributed by atoms with Crippen LogP contribution in [-0.2, 0) is 6.61 Å². The van der Waals surface area contributed by atoms with Gasteiger partial charge in [0, 0.05) is 11.6 Å². The maximum atomic E-state index is 12.5. The molecule has 140 valence electrons. The predicted molar refractivity (Wildman–Crippen MR) is 100 cm³/mol. The standard InChI is InChI=1S/C21H28N2O3/c1-13-6-5-7-20(14(13)2)22-21(24)17-8-10-18(11-9-17)25-12-19-15(3)23-26-16(19)4/h8-11,13-14,20H,5-7,12H2,1-4H3,(H,22,24)/t13-,14-,20-/m1/s1. The van der Waals surface area contributed by atoms with Gasteiger partial charge in [-0.05, 0) is 56.4 Å². The summed E-state index contributed by atoms with van der Waals surface area (Å²) in [6.45, 7) is 8.69. The fourth-order valence-electron chi connectivity index (χ4n) is 3.60. The van der Waals surface area contributed by atoms with E-state index in [0.717, 1.165) is 29.2 Å². The van der Waals surface area contributed by atoms with Gasteiger partial charge in [-0.3, -0.25) is 4.79 Å². The zero-order valence-corrected chi connectivity index (χ0v) is 16.0. The maximum absolute atomic E-state index is 12.5. The molecule has 1 aliphatic carbocycles. The first-order valence-corrected chi connectivity index (χ1v) is 9.41. The van der Waals surface area contributed by atoms with E-state index >= 15 is 0 Å². The molecule has 1 amide bonds. The second kappa shape index (κ2) is 7.94. The van der Waals surface area contributed by atoms with Crippen LogP contribution in [0.3, 0.4) is 0 Å². The number of ether oxygens (including phenoxy) is 1. The van der Waals surface area contributed by atoms with Crippen LogP contribution in [0.25, 0.3) is 0 Å². The van der Waals surface area contributed by atoms with Crippen LogP contribution >= 0.6 is 0 Å². The van der Waals surface area contributed by atoms with Gasteiger partial charge < -0.3 is 14.6 Å². The van der Waals surface area contributed by atoms with E-state index in [4.69, 9.17) is 9.26 Å². The average Bonchev–Trinajstić information content (AvgIpc) is 2.95. The highest BCUT2D eigenvalue weighted by atomic mass is 16.5. The molecule has 0 spiro atoms. The van der Waals surface area contributed by atoms with Crippen LogP contribution in [0.2, 0.25) is 0 Å². The molecule has 26 heavy (non-hydrogen) atoms. The number of amides is 1. The van der Waals surface area contributed by atoms with Crippen molar-refractivity contribution in [2.75, 3.05) is 0 Å². The number of hydrogen-bond acceptors (Lipinski definition) is 4. The van der Waals surface area contributed by atoms with Gasteiger partial charge in [0.1, 0.15) is 18.1 Å². The number of nitrogens with zero attached hydrogens (tertiary/aromatic N) is 1. The number of aromatic nitrogens is 1. The molecule has 1 aromatic carbocycles. The molecule has 3 rings (SSSR count). The molecular weight excluding hydrogens is 328 g/mol. The van der Waals surface area contributed by atoms with E-state index < -0.39 is 0 Å². The van der Waals surface area contributed by atoms with Gasteiger partial charge in [0.05, 0.1) is 11.3 Å². The highest BCUT2D eigenvalue weighted by molar-refractivity contribution is 5.94. The summed E-state index contributed by atoms with van der Waals surface area (Å²) >= 11 is 0. The average molecular weight is 356 g/mol. The van der Waals surface area contributed by atoms with Crippen molar-refractivity contribution in [1.82, 2.24) is 10.5 Å². The Balaban J connectivity index is 1.57. The molecule has 1 aromatic heterocycles. The third kappa shape index (κ3) is 4.09. The molecule has 0 unspecified atom stereocenters. The van der Waals surface area contributed by atoms with Crippen LogP contribution in [0.4, 0.5) is 0 Å². The molecular formula is C21H28N2O3. The quantitative estimate of drug-likeness (QED) is 0.861. The summed E-state index contributed by atoms with van der Waals surface area (Å²) in [7, 11) is 0. The summed E-state index contributed by atoms with van der Waals surface area (Å²) in [6.07, 6.45) is 3.51. The number of carbonyl (C=O) groups excluding carboxylic acids is 1. The van der Waals surface area contributed by atoms with Gasteiger partial charge in [0.25, 0.3) is 5.91 Å². The van der Waals surface area contributed by atoms with Crippen molar-refractivity contribution in [3.63, 3.8) is 0 Å². The number of nitrogens with one attached hydrogen (secondary N) is 1. The van der Waals surface area contributed by atoms with Crippen molar-refractivity contribution in [3.8, 4) is 5.75 Å². The zero-order valence-electron chi connectivity index (χ0n) is 16.0. The molecule has 0 bridgehead atoms. The molecule has 1 N–H and O–H groups in total. The Morgan fingerprint density at radius 1 is 1.23 bits per heavy atom. The molecule has 5 heteroatoms. The molecule has 1 fully saturated rings. The molecule has 0 radical (unpaired) electrons. The Hall–Kier alpha value is -2.30. The molecule has 3 atom stereocenters. The number of aryl methyl sites for hydroxylation is 2. The van der Waals surface area contributed by atoms with Crippen LogP contribution < -0.4 is 10.1 Å². The van der Waals surface area contributed by atoms with Crippen molar-refractivity contribution in [3.05, 3.63) is 46.8 Å². The van der Waals surface area contributed by atoms with Gasteiger partial charge in [-0.2, -0.15) is 0 Å². The third-order valence-corrected chi connectivity index (χ3v) is 5.70. The Labute approximate surface area is 155 Å². The molecule has 0 aliphatic heterocycles. The van der Waals surface area contributed by atoms with E-state index in [1.165, 1.54) is 12.8 Å². The highest BCUT2D eigenvalue weighted by Gasteiger charge is 2.28. The SMILES string of the molecule is Cc1noc(C)c1COc1ccc(C(=O)N[C@@H]2CCC[C@@H](C)[C@H]2C)cc1. The normalized spacial score (nSPS) is 22.8. The van der Waals surface area contributed by atoms with Gasteiger partial charge in [-0.25, -0.2) is 0 Å². The predicted octanol–water partition coefficient (Wildman–Crippen LogP) is 4.42. The lowest BCUT2D eigenvalue weighted by atomic mass is 9.78. The van der Waals surface area contributed by atoms with Gasteiger partial charge in [0.15, 0.2) is 0 Å². The van der Waals surface area contributed by atoms with E-state index in [9.17, 15) is 4.79 Å². The minimum absolute atomic E-state index is 0.00627. The summed E-state index contributed by atoms with van der Waals surface area (Å²) in [6, 6.07) is 7.56. The van der Waals surface area contributed by atoms with Crippen molar-refractivity contribution in [2.45, 2.75) is 59.6 Å². The van der Waals surface area contributed by atoms with Crippen LogP contribution in [-0.4, -0.2) is 17.1 Å². The summed E-state index contributed by atoms with van der Waals surface area (Å²) in [4.78, 5) is 12.5. The molecule has 5 nitrogen and oxygen atoms in total. The Morgan fingerprint density at radius 2 is 1.96 bits per heavy atom. The third-order valence-electron chi connectivity index (χ3n) is 5.70. The maximum Gasteiger partial charge on any atom is 0.251 e. The van der Waals surface area contributed by atoms with Crippen LogP contribution in [0.5, 0.6) is 5.75 Å². The molecule has 1 aliphatic rings. The fraction of sp³-hybridized carbons (Fsp3) is 0.524. The number of hydrogen-bond donors (Lipinski definition) is 1. The topological polar surface area (TPSA) is 64.4 Å². The lowest BCUT2D eigenvalue weighted by molar-refractivity contribution is 0.0891. The van der Waals surface area contributed by atoms with Gasteiger partial charge in [-0.1, -0.05) is 31.8 Å². The fourth-order valence-corrected chi connectivity index (χ4v) is 3.60. The van der Waals surface area contributed by atoms with Crippen LogP contribution in [0, 0.1) is 25.7 Å². The van der Waals surface area contributed by atoms with E-state index in [2.05, 4.69) is 24.3 Å². The lowest BCUT2D eigenvalue weighted by Crippen LogP contribution is -2.43. The van der Waals surface area contributed by atoms with E-state index in [1.807, 2.05) is 38.1 Å². The minimum Gasteiger partial charge on any atom is -0.489 e. The summed E-state index contributed by atoms with van der Waals surface area (Å²) in [5.41, 5.74) is 2.47. The molecule has 1 saturated carbocycles. The van der Waals surface area contributed by atoms with Crippen molar-refractivity contribution in [2.24, 2.45) is 11.8 Å². The summed E-state index contributed by atoms with van der Waals surface area (Å²) < 4.78 is 10.9. The molecule has 1 heterocycles. The minimum atomic E-state index is -0.00627. The Kier molecular flexibility index (Phi) is 5.64. The number of benzene rings is 1. The second-order valence-electron chi connectivity index (χ2n) is 7.46. The second-order valence-corrected chi connectivity index (χ2v) is 7.46. The first-order chi connectivity index (χ1) is 12.5. The molecule has 2 aromatic rings. The smallest absolute Gasteiger partial charge is 0.251 e. The summed E-state index contributed by atoms with van der Waals surface area (Å²) in [5.74, 6) is 2.67. The molecule has 0 saturated heterocycles. The van der Waals surface area contributed by atoms with Crippen molar-refractivity contribution < 1.29 is 14.1 Å². The van der Waals surface area contributed by atoms with E-state index in [-0.39, 0.29) is 11.9 Å². The Morgan fingerprint density at radius 3 is 2.62 bits per heavy atom. The largest absolute Gasteiger partial charge is 0.489 e. The van der Waals surface area contributed by atoms with Gasteiger partial charge in [0.2, 0.25) is 0 Å². The lowest BCUT2D eigenvalue weighted by Gasteiger charge is -2.34. The van der Waals surface area contributed by atoms with E-state index in [0.29, 0.717) is 24.0 Å². The van der Waals surface area contributed by atoms with Crippen molar-refractivity contribution in [1.29, 1.82) is 0 Å². The van der Waals surface area contributed by atoms with Crippen LogP contribution in [0.15, 0.2) is 28.8 Å². The number of carbonyl (C=O) groups is 1. The monoisotopic (exact) mass is 356 g/mol. The summed E-state index contributed by atoms with van der Waals surface area (Å²) in [5, 5.41) is 7.13. The zero-order chi connectivity index (χ0) is 18.7. The van der Waals surface area contributed by atoms with Gasteiger partial charge >= 0.3 is 0 Å². The van der Waals surface area contributed by atoms with Crippen LogP contribution in [0.1, 0.15) is 60.5 Å². The Bertz CT molecular complexity index is 732.